The van der Waals surface area contributed by atoms with E-state index in [1.165, 1.54) is 0 Å². The van der Waals surface area contributed by atoms with E-state index in [0.717, 1.165) is 26.6 Å². The molecule has 2 aromatic rings. The van der Waals surface area contributed by atoms with E-state index >= 15 is 0 Å². The Hall–Kier alpha value is -0.930. The molecule has 0 saturated carbocycles. The molecule has 0 bridgehead atoms. The molecule has 0 saturated heterocycles. The highest BCUT2D eigenvalue weighted by molar-refractivity contribution is 9.10. The number of benzene rings is 1. The SMILES string of the molecule is Cc1nc2ccc(Br)cc2cc1CN. The number of fused-ring (bicyclic) bond motifs is 1. The minimum atomic E-state index is 0.543. The van der Waals surface area contributed by atoms with Crippen molar-refractivity contribution >= 4 is 26.8 Å². The Kier molecular flexibility index (Phi) is 2.52. The lowest BCUT2D eigenvalue weighted by Gasteiger charge is -2.05. The monoisotopic (exact) mass is 250 g/mol. The van der Waals surface area contributed by atoms with Crippen LogP contribution in [0.1, 0.15) is 11.3 Å². The molecule has 14 heavy (non-hydrogen) atoms. The number of rotatable bonds is 1. The third-order valence-corrected chi connectivity index (χ3v) is 2.79. The molecule has 0 atom stereocenters. The summed E-state index contributed by atoms with van der Waals surface area (Å²) in [7, 11) is 0. The number of halogens is 1. The number of hydrogen-bond acceptors (Lipinski definition) is 2. The highest BCUT2D eigenvalue weighted by Crippen LogP contribution is 2.20. The fourth-order valence-corrected chi connectivity index (χ4v) is 1.87. The van der Waals surface area contributed by atoms with Gasteiger partial charge in [0.05, 0.1) is 5.52 Å². The number of nitrogens with zero attached hydrogens (tertiary/aromatic N) is 1. The van der Waals surface area contributed by atoms with Gasteiger partial charge in [0.2, 0.25) is 0 Å². The van der Waals surface area contributed by atoms with Crippen LogP contribution < -0.4 is 5.73 Å². The molecule has 0 fully saturated rings. The van der Waals surface area contributed by atoms with Gasteiger partial charge in [0.25, 0.3) is 0 Å². The van der Waals surface area contributed by atoms with Gasteiger partial charge in [-0.2, -0.15) is 0 Å². The first kappa shape index (κ1) is 9.62. The van der Waals surface area contributed by atoms with Gasteiger partial charge in [-0.1, -0.05) is 15.9 Å². The second kappa shape index (κ2) is 3.67. The molecule has 0 amide bonds. The van der Waals surface area contributed by atoms with Crippen LogP contribution in [-0.4, -0.2) is 4.98 Å². The molecular weight excluding hydrogens is 240 g/mol. The van der Waals surface area contributed by atoms with Crippen LogP contribution in [0, 0.1) is 6.92 Å². The highest BCUT2D eigenvalue weighted by Gasteiger charge is 2.01. The van der Waals surface area contributed by atoms with Gasteiger partial charge in [-0.05, 0) is 36.8 Å². The first-order chi connectivity index (χ1) is 6.70. The van der Waals surface area contributed by atoms with Gasteiger partial charge < -0.3 is 5.73 Å². The molecule has 3 heteroatoms. The van der Waals surface area contributed by atoms with Crippen LogP contribution >= 0.6 is 15.9 Å². The highest BCUT2D eigenvalue weighted by atomic mass is 79.9. The normalized spacial score (nSPS) is 10.8. The molecule has 1 aromatic carbocycles. The van der Waals surface area contributed by atoms with Crippen LogP contribution in [-0.2, 0) is 6.54 Å². The predicted octanol–water partition coefficient (Wildman–Crippen LogP) is 2.76. The first-order valence-electron chi connectivity index (χ1n) is 4.46. The summed E-state index contributed by atoms with van der Waals surface area (Å²) >= 11 is 3.44. The van der Waals surface area contributed by atoms with Gasteiger partial charge in [-0.3, -0.25) is 4.98 Å². The molecule has 0 aliphatic rings. The number of hydrogen-bond donors (Lipinski definition) is 1. The Morgan fingerprint density at radius 3 is 2.86 bits per heavy atom. The van der Waals surface area contributed by atoms with Crippen molar-refractivity contribution in [1.29, 1.82) is 0 Å². The van der Waals surface area contributed by atoms with Crippen LogP contribution in [0.15, 0.2) is 28.7 Å². The summed E-state index contributed by atoms with van der Waals surface area (Å²) < 4.78 is 1.07. The van der Waals surface area contributed by atoms with Crippen LogP contribution in [0.25, 0.3) is 10.9 Å². The molecule has 2 rings (SSSR count). The average Bonchev–Trinajstić information content (AvgIpc) is 2.17. The summed E-state index contributed by atoms with van der Waals surface area (Å²) in [5, 5.41) is 1.13. The number of nitrogens with two attached hydrogens (primary N) is 1. The molecule has 0 aliphatic heterocycles. The van der Waals surface area contributed by atoms with Crippen molar-refractivity contribution in [2.45, 2.75) is 13.5 Å². The number of aryl methyl sites for hydroxylation is 1. The van der Waals surface area contributed by atoms with Crippen molar-refractivity contribution in [2.24, 2.45) is 5.73 Å². The topological polar surface area (TPSA) is 38.9 Å². The van der Waals surface area contributed by atoms with Gasteiger partial charge in [-0.15, -0.1) is 0 Å². The van der Waals surface area contributed by atoms with Crippen molar-refractivity contribution in [3.05, 3.63) is 40.0 Å². The van der Waals surface area contributed by atoms with Crippen molar-refractivity contribution in [3.8, 4) is 0 Å². The molecule has 2 nitrogen and oxygen atoms in total. The minimum Gasteiger partial charge on any atom is -0.326 e. The standard InChI is InChI=1S/C11H11BrN2/c1-7-9(6-13)4-8-5-10(12)2-3-11(8)14-7/h2-5H,6,13H2,1H3. The first-order valence-corrected chi connectivity index (χ1v) is 5.26. The molecule has 1 aromatic heterocycles. The molecule has 0 spiro atoms. The van der Waals surface area contributed by atoms with Crippen molar-refractivity contribution in [3.63, 3.8) is 0 Å². The maximum atomic E-state index is 5.63. The summed E-state index contributed by atoms with van der Waals surface area (Å²) in [5.41, 5.74) is 8.77. The molecule has 2 N–H and O–H groups in total. The zero-order valence-corrected chi connectivity index (χ0v) is 9.51. The molecular formula is C11H11BrN2. The molecule has 0 radical (unpaired) electrons. The third-order valence-electron chi connectivity index (χ3n) is 2.29. The number of aromatic nitrogens is 1. The fourth-order valence-electron chi connectivity index (χ4n) is 1.49. The second-order valence-corrected chi connectivity index (χ2v) is 4.19. The lowest BCUT2D eigenvalue weighted by Crippen LogP contribution is -2.00. The van der Waals surface area contributed by atoms with Crippen LogP contribution in [0.2, 0.25) is 0 Å². The lowest BCUT2D eigenvalue weighted by atomic mass is 10.1. The van der Waals surface area contributed by atoms with Crippen molar-refractivity contribution in [2.75, 3.05) is 0 Å². The Balaban J connectivity index is 2.73. The maximum Gasteiger partial charge on any atom is 0.0706 e. The predicted molar refractivity (Wildman–Crippen MR) is 62.1 cm³/mol. The quantitative estimate of drug-likeness (QED) is 0.846. The van der Waals surface area contributed by atoms with E-state index in [4.69, 9.17) is 5.73 Å². The van der Waals surface area contributed by atoms with E-state index in [0.29, 0.717) is 6.54 Å². The zero-order valence-electron chi connectivity index (χ0n) is 7.92. The van der Waals surface area contributed by atoms with Gasteiger partial charge in [0.1, 0.15) is 0 Å². The van der Waals surface area contributed by atoms with Crippen molar-refractivity contribution in [1.82, 2.24) is 4.98 Å². The summed E-state index contributed by atoms with van der Waals surface area (Å²) in [6, 6.07) is 8.16. The fraction of sp³-hybridized carbons (Fsp3) is 0.182. The second-order valence-electron chi connectivity index (χ2n) is 3.27. The van der Waals surface area contributed by atoms with Crippen LogP contribution in [0.4, 0.5) is 0 Å². The zero-order chi connectivity index (χ0) is 10.1. The molecule has 72 valence electrons. The van der Waals surface area contributed by atoms with E-state index in [2.05, 4.69) is 33.0 Å². The van der Waals surface area contributed by atoms with Crippen LogP contribution in [0.3, 0.4) is 0 Å². The largest absolute Gasteiger partial charge is 0.326 e. The van der Waals surface area contributed by atoms with E-state index in [9.17, 15) is 0 Å². The van der Waals surface area contributed by atoms with Crippen LogP contribution in [0.5, 0.6) is 0 Å². The van der Waals surface area contributed by atoms with E-state index < -0.39 is 0 Å². The Morgan fingerprint density at radius 1 is 1.36 bits per heavy atom. The number of pyridine rings is 1. The molecule has 0 unspecified atom stereocenters. The van der Waals surface area contributed by atoms with E-state index in [-0.39, 0.29) is 0 Å². The van der Waals surface area contributed by atoms with Gasteiger partial charge in [0, 0.05) is 22.1 Å². The molecule has 0 aliphatic carbocycles. The molecule has 1 heterocycles. The smallest absolute Gasteiger partial charge is 0.0706 e. The minimum absolute atomic E-state index is 0.543. The summed E-state index contributed by atoms with van der Waals surface area (Å²) in [4.78, 5) is 4.49. The summed E-state index contributed by atoms with van der Waals surface area (Å²) in [6.45, 7) is 2.53. The average molecular weight is 251 g/mol. The van der Waals surface area contributed by atoms with Crippen molar-refractivity contribution < 1.29 is 0 Å². The lowest BCUT2D eigenvalue weighted by molar-refractivity contribution is 1.02. The summed E-state index contributed by atoms with van der Waals surface area (Å²) in [5.74, 6) is 0. The van der Waals surface area contributed by atoms with Gasteiger partial charge in [-0.25, -0.2) is 0 Å². The Labute approximate surface area is 91.3 Å². The van der Waals surface area contributed by atoms with E-state index in [1.54, 1.807) is 0 Å². The maximum absolute atomic E-state index is 5.63. The van der Waals surface area contributed by atoms with Gasteiger partial charge in [0.15, 0.2) is 0 Å². The Morgan fingerprint density at radius 2 is 2.14 bits per heavy atom. The Bertz CT molecular complexity index is 480. The third kappa shape index (κ3) is 1.65. The van der Waals surface area contributed by atoms with Gasteiger partial charge >= 0.3 is 0 Å². The summed E-state index contributed by atoms with van der Waals surface area (Å²) in [6.07, 6.45) is 0. The van der Waals surface area contributed by atoms with E-state index in [1.807, 2.05) is 19.1 Å².